The van der Waals surface area contributed by atoms with Gasteiger partial charge in [0.2, 0.25) is 0 Å². The van der Waals surface area contributed by atoms with Crippen LogP contribution in [0, 0.1) is 0 Å². The van der Waals surface area contributed by atoms with Crippen molar-refractivity contribution in [2.75, 3.05) is 0 Å². The Labute approximate surface area is 76.9 Å². The number of allylic oxidation sites excluding steroid dienone is 3. The zero-order valence-corrected chi connectivity index (χ0v) is 12.7. The first-order valence-corrected chi connectivity index (χ1v) is 18.3. The molecule has 0 bridgehead atoms. The van der Waals surface area contributed by atoms with E-state index in [0.29, 0.717) is 0 Å². The minimum atomic E-state index is -3.81. The molecule has 1 aliphatic heterocycles. The van der Waals surface area contributed by atoms with Gasteiger partial charge in [0.15, 0.2) is 0 Å². The van der Waals surface area contributed by atoms with Gasteiger partial charge < -0.3 is 0 Å². The van der Waals surface area contributed by atoms with Crippen molar-refractivity contribution in [2.45, 2.75) is 2.89 Å². The van der Waals surface area contributed by atoms with Crippen molar-refractivity contribution in [1.29, 1.82) is 0 Å². The van der Waals surface area contributed by atoms with Crippen LogP contribution in [0.2, 0.25) is 0 Å². The van der Waals surface area contributed by atoms with Crippen molar-refractivity contribution in [2.24, 2.45) is 0 Å². The van der Waals surface area contributed by atoms with Crippen molar-refractivity contribution < 1.29 is 34.5 Å². The van der Waals surface area contributed by atoms with Crippen LogP contribution in [0.25, 0.3) is 0 Å². The Morgan fingerprint density at radius 1 is 1.45 bits per heavy atom. The molecule has 0 spiro atoms. The van der Waals surface area contributed by atoms with Crippen LogP contribution < -0.4 is 0 Å². The van der Waals surface area contributed by atoms with Crippen molar-refractivity contribution in [1.82, 2.24) is 0 Å². The maximum absolute atomic E-state index is 10.7. The van der Waals surface area contributed by atoms with Gasteiger partial charge in [-0.3, -0.25) is 0 Å². The molecule has 0 aromatic rings. The van der Waals surface area contributed by atoms with Gasteiger partial charge in [-0.25, -0.2) is 0 Å². The van der Waals surface area contributed by atoms with E-state index < -0.39 is 31.0 Å². The molecule has 0 aliphatic carbocycles. The van der Waals surface area contributed by atoms with Crippen LogP contribution in [-0.4, -0.2) is 15.9 Å². The molecule has 0 fully saturated rings. The van der Waals surface area contributed by atoms with E-state index in [1.165, 1.54) is 0 Å². The SMILES string of the molecule is O=[S](=O)(O)[Hg]1[CH]=CC=C[CH]1Cl. The molecule has 0 amide bonds. The van der Waals surface area contributed by atoms with Gasteiger partial charge in [-0.15, -0.1) is 0 Å². The topological polar surface area (TPSA) is 54.4 Å². The second-order valence-electron chi connectivity index (χ2n) is 2.48. The molecule has 3 nitrogen and oxygen atoms in total. The Hall–Kier alpha value is 0.615. The van der Waals surface area contributed by atoms with Crippen LogP contribution in [0.15, 0.2) is 21.8 Å². The molecular weight excluding hydrogens is 376 g/mol. The van der Waals surface area contributed by atoms with E-state index in [2.05, 4.69) is 0 Å². The van der Waals surface area contributed by atoms with Gasteiger partial charge in [-0.2, -0.15) is 0 Å². The third-order valence-electron chi connectivity index (χ3n) is 1.61. The molecule has 0 saturated carbocycles. The summed E-state index contributed by atoms with van der Waals surface area (Å²) in [5.74, 6) is 0. The molecule has 6 heteroatoms. The quantitative estimate of drug-likeness (QED) is 0.419. The molecule has 11 heavy (non-hydrogen) atoms. The average Bonchev–Trinajstić information content (AvgIpc) is 1.86. The molecule has 1 heterocycles. The van der Waals surface area contributed by atoms with Crippen molar-refractivity contribution in [3.8, 4) is 0 Å². The Morgan fingerprint density at radius 2 is 2.09 bits per heavy atom. The summed E-state index contributed by atoms with van der Waals surface area (Å²) in [4.78, 5) is 0. The van der Waals surface area contributed by atoms with Crippen LogP contribution in [0.5, 0.6) is 0 Å². The van der Waals surface area contributed by atoms with Gasteiger partial charge in [-0.1, -0.05) is 0 Å². The molecule has 1 aliphatic rings. The van der Waals surface area contributed by atoms with Crippen LogP contribution in [0.3, 0.4) is 0 Å². The van der Waals surface area contributed by atoms with Gasteiger partial charge in [-0.05, 0) is 0 Å². The third kappa shape index (κ3) is 2.54. The Balaban J connectivity index is 2.91. The predicted molar refractivity (Wildman–Crippen MR) is 39.5 cm³/mol. The van der Waals surface area contributed by atoms with E-state index in [9.17, 15) is 8.42 Å². The van der Waals surface area contributed by atoms with Crippen molar-refractivity contribution in [3.63, 3.8) is 0 Å². The van der Waals surface area contributed by atoms with Gasteiger partial charge >= 0.3 is 77.4 Å². The van der Waals surface area contributed by atoms with E-state index in [4.69, 9.17) is 16.2 Å². The van der Waals surface area contributed by atoms with E-state index >= 15 is 0 Å². The number of alkyl halides is 1. The predicted octanol–water partition coefficient (Wildman–Crippen LogP) is 1.06. The van der Waals surface area contributed by atoms with E-state index in [0.717, 1.165) is 0 Å². The average molecular weight is 382 g/mol. The monoisotopic (exact) mass is 383 g/mol. The van der Waals surface area contributed by atoms with Crippen LogP contribution in [0.4, 0.5) is 0 Å². The van der Waals surface area contributed by atoms with E-state index in [-0.39, 0.29) is 0 Å². The molecule has 1 N–H and O–H groups in total. The van der Waals surface area contributed by atoms with Gasteiger partial charge in [0.1, 0.15) is 0 Å². The molecule has 0 aromatic heterocycles. The fourth-order valence-electron chi connectivity index (χ4n) is 0.984. The number of rotatable bonds is 1. The summed E-state index contributed by atoms with van der Waals surface area (Å²) in [5.41, 5.74) is 0. The van der Waals surface area contributed by atoms with Gasteiger partial charge in [0.05, 0.1) is 0 Å². The first kappa shape index (κ1) is 9.70. The van der Waals surface area contributed by atoms with Gasteiger partial charge in [0.25, 0.3) is 0 Å². The number of halogens is 1. The van der Waals surface area contributed by atoms with E-state index in [1.54, 1.807) is 21.8 Å². The molecule has 1 atom stereocenters. The first-order chi connectivity index (χ1) is 5.02. The minimum absolute atomic E-state index is 0.440. The molecule has 1 rings (SSSR count). The summed E-state index contributed by atoms with van der Waals surface area (Å²) in [6.07, 6.45) is 4.95. The Morgan fingerprint density at radius 3 is 2.45 bits per heavy atom. The summed E-state index contributed by atoms with van der Waals surface area (Å²) in [7, 11) is 0. The summed E-state index contributed by atoms with van der Waals surface area (Å²) in [6.45, 7) is -3.81. The van der Waals surface area contributed by atoms with Crippen LogP contribution >= 0.6 is 11.6 Å². The molecule has 0 aromatic carbocycles. The maximum atomic E-state index is 10.7. The fourth-order valence-corrected chi connectivity index (χ4v) is 20.6. The van der Waals surface area contributed by atoms with Crippen molar-refractivity contribution >= 4 is 18.2 Å². The molecule has 59 valence electrons. The summed E-state index contributed by atoms with van der Waals surface area (Å²) in [5, 5.41) is 0. The summed E-state index contributed by atoms with van der Waals surface area (Å²) < 4.78 is 31.2. The molecule has 0 saturated heterocycles. The van der Waals surface area contributed by atoms with Crippen molar-refractivity contribution in [3.05, 3.63) is 21.8 Å². The van der Waals surface area contributed by atoms with Crippen LogP contribution in [0.1, 0.15) is 0 Å². The Bertz CT molecular complexity index is 295. The molecule has 0 radical (unpaired) electrons. The first-order valence-electron chi connectivity index (χ1n) is 3.17. The standard InChI is InChI=1S/C5H5Cl.Hg.HO3S/c1-2-3-4-5-6;;1-4(2)3/h1-5H;;(H,1,2,3). The molecule has 1 unspecified atom stereocenters. The fraction of sp³-hybridized carbons (Fsp3) is 0.200. The second-order valence-corrected chi connectivity index (χ2v) is 30.3. The van der Waals surface area contributed by atoms with Gasteiger partial charge in [0, 0.05) is 0 Å². The third-order valence-corrected chi connectivity index (χ3v) is 28.7. The second kappa shape index (κ2) is 3.55. The summed E-state index contributed by atoms with van der Waals surface area (Å²) >= 11 is 2.39. The molecular formula is C5H6ClHgO3S. The normalized spacial score (nSPS) is 24.2. The Kier molecular flexibility index (Phi) is 3.14. The van der Waals surface area contributed by atoms with E-state index in [1.807, 2.05) is 0 Å². The zero-order chi connectivity index (χ0) is 8.48. The van der Waals surface area contributed by atoms with Crippen LogP contribution in [-0.2, 0) is 28.1 Å². The number of hydrogen-bond acceptors (Lipinski definition) is 2. The number of hydrogen-bond donors (Lipinski definition) is 1. The summed E-state index contributed by atoms with van der Waals surface area (Å²) in [6, 6.07) is 0. The zero-order valence-electron chi connectivity index (χ0n) is 5.64.